The molecule has 17 heavy (non-hydrogen) atoms. The van der Waals surface area contributed by atoms with E-state index >= 15 is 0 Å². The molecular formula is C11H13N3O2S. The van der Waals surface area contributed by atoms with Gasteiger partial charge in [0, 0.05) is 6.20 Å². The monoisotopic (exact) mass is 251 g/mol. The first-order chi connectivity index (χ1) is 8.09. The molecule has 1 aromatic heterocycles. The Morgan fingerprint density at radius 1 is 1.65 bits per heavy atom. The summed E-state index contributed by atoms with van der Waals surface area (Å²) in [6.07, 6.45) is 4.71. The molecule has 1 fully saturated rings. The van der Waals surface area contributed by atoms with Crippen molar-refractivity contribution in [3.8, 4) is 5.75 Å². The van der Waals surface area contributed by atoms with E-state index in [1.807, 2.05) is 0 Å². The van der Waals surface area contributed by atoms with Gasteiger partial charge in [-0.3, -0.25) is 9.78 Å². The number of nitrogens with one attached hydrogen (secondary N) is 1. The number of hydrogen-bond donors (Lipinski definition) is 3. The van der Waals surface area contributed by atoms with Gasteiger partial charge in [-0.25, -0.2) is 0 Å². The van der Waals surface area contributed by atoms with Gasteiger partial charge in [0.25, 0.3) is 5.91 Å². The van der Waals surface area contributed by atoms with Gasteiger partial charge in [0.15, 0.2) is 0 Å². The summed E-state index contributed by atoms with van der Waals surface area (Å²) in [6, 6.07) is 1.17. The van der Waals surface area contributed by atoms with Crippen LogP contribution in [0.15, 0.2) is 18.5 Å². The second-order valence-corrected chi connectivity index (χ2v) is 4.56. The van der Waals surface area contributed by atoms with Crippen LogP contribution >= 0.6 is 12.2 Å². The van der Waals surface area contributed by atoms with Crippen LogP contribution in [-0.4, -0.2) is 27.0 Å². The average molecular weight is 251 g/mol. The summed E-state index contributed by atoms with van der Waals surface area (Å²) in [5.41, 5.74) is 5.77. The summed E-state index contributed by atoms with van der Waals surface area (Å²) in [5, 5.41) is 12.2. The van der Waals surface area contributed by atoms with E-state index < -0.39 is 0 Å². The molecule has 1 unspecified atom stereocenters. The van der Waals surface area contributed by atoms with Crippen molar-refractivity contribution in [2.75, 3.05) is 0 Å². The molecule has 1 saturated carbocycles. The number of thiocarbonyl (C=S) groups is 1. The van der Waals surface area contributed by atoms with Crippen LogP contribution in [0.2, 0.25) is 0 Å². The molecule has 1 atom stereocenters. The molecule has 6 heteroatoms. The van der Waals surface area contributed by atoms with Crippen molar-refractivity contribution >= 4 is 23.1 Å². The van der Waals surface area contributed by atoms with E-state index in [1.54, 1.807) is 0 Å². The number of aromatic hydroxyl groups is 1. The fourth-order valence-corrected chi connectivity index (χ4v) is 1.90. The third-order valence-corrected chi connectivity index (χ3v) is 2.99. The summed E-state index contributed by atoms with van der Waals surface area (Å²) in [4.78, 5) is 15.9. The van der Waals surface area contributed by atoms with Gasteiger partial charge in [0.2, 0.25) is 0 Å². The molecule has 1 aliphatic carbocycles. The molecule has 1 aromatic rings. The molecule has 2 rings (SSSR count). The fraction of sp³-hybridized carbons (Fsp3) is 0.364. The fourth-order valence-electron chi connectivity index (χ4n) is 1.65. The average Bonchev–Trinajstić information content (AvgIpc) is 3.09. The van der Waals surface area contributed by atoms with E-state index in [0.29, 0.717) is 5.92 Å². The number of hydrogen-bond acceptors (Lipinski definition) is 4. The van der Waals surface area contributed by atoms with Crippen molar-refractivity contribution in [1.82, 2.24) is 10.3 Å². The van der Waals surface area contributed by atoms with E-state index in [1.165, 1.54) is 18.5 Å². The van der Waals surface area contributed by atoms with Crippen LogP contribution < -0.4 is 11.1 Å². The number of rotatable bonds is 4. The predicted molar refractivity (Wildman–Crippen MR) is 66.7 cm³/mol. The first-order valence-corrected chi connectivity index (χ1v) is 5.73. The normalized spacial score (nSPS) is 16.2. The largest absolute Gasteiger partial charge is 0.505 e. The van der Waals surface area contributed by atoms with Gasteiger partial charge in [-0.2, -0.15) is 0 Å². The number of amides is 1. The summed E-state index contributed by atoms with van der Waals surface area (Å²) in [7, 11) is 0. The lowest BCUT2D eigenvalue weighted by Crippen LogP contribution is -2.45. The SMILES string of the molecule is NC(=S)C(NC(=O)c1ccncc1O)C1CC1. The van der Waals surface area contributed by atoms with Crippen LogP contribution in [0.4, 0.5) is 0 Å². The first kappa shape index (κ1) is 11.8. The molecule has 0 aromatic carbocycles. The van der Waals surface area contributed by atoms with Crippen molar-refractivity contribution in [2.24, 2.45) is 11.7 Å². The third kappa shape index (κ3) is 2.71. The van der Waals surface area contributed by atoms with Crippen molar-refractivity contribution in [3.63, 3.8) is 0 Å². The number of nitrogens with two attached hydrogens (primary N) is 1. The molecule has 0 spiro atoms. The van der Waals surface area contributed by atoms with E-state index in [-0.39, 0.29) is 28.3 Å². The zero-order valence-electron chi connectivity index (χ0n) is 9.09. The van der Waals surface area contributed by atoms with E-state index in [9.17, 15) is 9.90 Å². The van der Waals surface area contributed by atoms with Crippen LogP contribution in [-0.2, 0) is 0 Å². The highest BCUT2D eigenvalue weighted by Gasteiger charge is 2.34. The summed E-state index contributed by atoms with van der Waals surface area (Å²) >= 11 is 4.92. The van der Waals surface area contributed by atoms with Gasteiger partial charge >= 0.3 is 0 Å². The molecule has 5 nitrogen and oxygen atoms in total. The molecule has 1 amide bonds. The molecule has 0 saturated heterocycles. The highest BCUT2D eigenvalue weighted by atomic mass is 32.1. The quantitative estimate of drug-likeness (QED) is 0.681. The molecule has 1 heterocycles. The Kier molecular flexibility index (Phi) is 3.23. The first-order valence-electron chi connectivity index (χ1n) is 5.32. The van der Waals surface area contributed by atoms with Crippen LogP contribution in [0, 0.1) is 5.92 Å². The van der Waals surface area contributed by atoms with Gasteiger partial charge in [0.1, 0.15) is 5.75 Å². The molecule has 4 N–H and O–H groups in total. The van der Waals surface area contributed by atoms with Gasteiger partial charge in [-0.15, -0.1) is 0 Å². The van der Waals surface area contributed by atoms with E-state index in [2.05, 4.69) is 10.3 Å². The van der Waals surface area contributed by atoms with Gasteiger partial charge in [-0.1, -0.05) is 12.2 Å². The van der Waals surface area contributed by atoms with E-state index in [4.69, 9.17) is 18.0 Å². The molecule has 90 valence electrons. The molecule has 0 radical (unpaired) electrons. The Balaban J connectivity index is 2.10. The maximum atomic E-state index is 11.9. The lowest BCUT2D eigenvalue weighted by atomic mass is 10.1. The summed E-state index contributed by atoms with van der Waals surface area (Å²) in [5.74, 6) is -0.197. The smallest absolute Gasteiger partial charge is 0.255 e. The maximum absolute atomic E-state index is 11.9. The minimum absolute atomic E-state index is 0.150. The summed E-state index contributed by atoms with van der Waals surface area (Å²) in [6.45, 7) is 0. The lowest BCUT2D eigenvalue weighted by molar-refractivity contribution is 0.0941. The number of carbonyl (C=O) groups excluding carboxylic acids is 1. The van der Waals surface area contributed by atoms with Crippen molar-refractivity contribution in [1.29, 1.82) is 0 Å². The van der Waals surface area contributed by atoms with E-state index in [0.717, 1.165) is 12.8 Å². The van der Waals surface area contributed by atoms with Crippen LogP contribution in [0.3, 0.4) is 0 Å². The number of pyridine rings is 1. The topological polar surface area (TPSA) is 88.2 Å². The standard InChI is InChI=1S/C11H13N3O2S/c12-10(17)9(6-1-2-6)14-11(16)7-3-4-13-5-8(7)15/h3-6,9,15H,1-2H2,(H2,12,17)(H,14,16). The highest BCUT2D eigenvalue weighted by Crippen LogP contribution is 2.33. The Morgan fingerprint density at radius 3 is 2.88 bits per heavy atom. The number of aromatic nitrogens is 1. The minimum atomic E-state index is -0.380. The molecular weight excluding hydrogens is 238 g/mol. The van der Waals surface area contributed by atoms with Gasteiger partial charge < -0.3 is 16.2 Å². The summed E-state index contributed by atoms with van der Waals surface area (Å²) < 4.78 is 0. The predicted octanol–water partition coefficient (Wildman–Crippen LogP) is 0.582. The van der Waals surface area contributed by atoms with Crippen molar-refractivity contribution in [3.05, 3.63) is 24.0 Å². The molecule has 1 aliphatic rings. The second-order valence-electron chi connectivity index (χ2n) is 4.08. The van der Waals surface area contributed by atoms with Crippen LogP contribution in [0.5, 0.6) is 5.75 Å². The van der Waals surface area contributed by atoms with Crippen LogP contribution in [0.1, 0.15) is 23.2 Å². The molecule has 0 aliphatic heterocycles. The van der Waals surface area contributed by atoms with Crippen molar-refractivity contribution < 1.29 is 9.90 Å². The second kappa shape index (κ2) is 4.67. The van der Waals surface area contributed by atoms with Crippen LogP contribution in [0.25, 0.3) is 0 Å². The Bertz CT molecular complexity index is 460. The Hall–Kier alpha value is -1.69. The Morgan fingerprint density at radius 2 is 2.35 bits per heavy atom. The zero-order chi connectivity index (χ0) is 12.4. The minimum Gasteiger partial charge on any atom is -0.505 e. The highest BCUT2D eigenvalue weighted by molar-refractivity contribution is 7.80. The lowest BCUT2D eigenvalue weighted by Gasteiger charge is -2.16. The number of carbonyl (C=O) groups is 1. The maximum Gasteiger partial charge on any atom is 0.255 e. The van der Waals surface area contributed by atoms with Gasteiger partial charge in [-0.05, 0) is 24.8 Å². The molecule has 0 bridgehead atoms. The van der Waals surface area contributed by atoms with Gasteiger partial charge in [0.05, 0.1) is 22.8 Å². The third-order valence-electron chi connectivity index (χ3n) is 2.73. The zero-order valence-corrected chi connectivity index (χ0v) is 9.91. The Labute approximate surface area is 104 Å². The van der Waals surface area contributed by atoms with Crippen molar-refractivity contribution in [2.45, 2.75) is 18.9 Å². The number of nitrogens with zero attached hydrogens (tertiary/aromatic N) is 1.